The lowest BCUT2D eigenvalue weighted by Gasteiger charge is -2.22. The molecule has 1 aliphatic heterocycles. The molecule has 0 aliphatic carbocycles. The van der Waals surface area contributed by atoms with Gasteiger partial charge in [0.2, 0.25) is 5.91 Å². The third kappa shape index (κ3) is 3.47. The molecule has 1 fully saturated rings. The highest BCUT2D eigenvalue weighted by Gasteiger charge is 2.26. The van der Waals surface area contributed by atoms with Gasteiger partial charge in [-0.15, -0.1) is 0 Å². The number of amides is 1. The van der Waals surface area contributed by atoms with Gasteiger partial charge in [0, 0.05) is 18.6 Å². The molecular weight excluding hydrogens is 192 g/mol. The first-order valence-electron chi connectivity index (χ1n) is 5.66. The van der Waals surface area contributed by atoms with Crippen LogP contribution in [-0.4, -0.2) is 31.2 Å². The molecule has 1 saturated heterocycles. The van der Waals surface area contributed by atoms with Crippen LogP contribution in [-0.2, 0) is 9.53 Å². The standard InChI is InChI=1S/C11H22N2O2/c1-7(2)10(12)11(14)13-8(3)9-4-5-15-6-9/h7-10H,4-6,12H2,1-3H3,(H,13,14)/t8?,9?,10-/m1/s1. The number of rotatable bonds is 4. The van der Waals surface area contributed by atoms with Gasteiger partial charge in [-0.3, -0.25) is 4.79 Å². The van der Waals surface area contributed by atoms with Crippen molar-refractivity contribution in [1.29, 1.82) is 0 Å². The van der Waals surface area contributed by atoms with E-state index in [4.69, 9.17) is 10.5 Å². The van der Waals surface area contributed by atoms with Crippen LogP contribution in [0.1, 0.15) is 27.2 Å². The minimum atomic E-state index is -0.408. The molecule has 0 aromatic heterocycles. The molecule has 0 aromatic rings. The van der Waals surface area contributed by atoms with E-state index in [9.17, 15) is 4.79 Å². The first kappa shape index (κ1) is 12.5. The summed E-state index contributed by atoms with van der Waals surface area (Å²) in [7, 11) is 0. The first-order valence-corrected chi connectivity index (χ1v) is 5.66. The summed E-state index contributed by atoms with van der Waals surface area (Å²) in [6.07, 6.45) is 1.03. The van der Waals surface area contributed by atoms with Crippen molar-refractivity contribution < 1.29 is 9.53 Å². The van der Waals surface area contributed by atoms with Crippen LogP contribution in [0, 0.1) is 11.8 Å². The highest BCUT2D eigenvalue weighted by Crippen LogP contribution is 2.16. The van der Waals surface area contributed by atoms with Crippen LogP contribution in [0.2, 0.25) is 0 Å². The zero-order chi connectivity index (χ0) is 11.4. The summed E-state index contributed by atoms with van der Waals surface area (Å²) in [5, 5.41) is 2.96. The van der Waals surface area contributed by atoms with E-state index >= 15 is 0 Å². The quantitative estimate of drug-likeness (QED) is 0.716. The first-order chi connectivity index (χ1) is 7.02. The average molecular weight is 214 g/mol. The highest BCUT2D eigenvalue weighted by molar-refractivity contribution is 5.81. The zero-order valence-corrected chi connectivity index (χ0v) is 9.82. The second-order valence-corrected chi connectivity index (χ2v) is 4.69. The van der Waals surface area contributed by atoms with E-state index in [-0.39, 0.29) is 17.9 Å². The number of hydrogen-bond donors (Lipinski definition) is 2. The molecule has 2 unspecified atom stereocenters. The van der Waals surface area contributed by atoms with Crippen LogP contribution in [0.25, 0.3) is 0 Å². The molecule has 0 saturated carbocycles. The number of nitrogens with two attached hydrogens (primary N) is 1. The molecule has 0 bridgehead atoms. The fourth-order valence-corrected chi connectivity index (χ4v) is 1.69. The summed E-state index contributed by atoms with van der Waals surface area (Å²) < 4.78 is 5.29. The van der Waals surface area contributed by atoms with E-state index in [2.05, 4.69) is 5.32 Å². The Labute approximate surface area is 91.5 Å². The molecule has 0 spiro atoms. The second-order valence-electron chi connectivity index (χ2n) is 4.69. The number of nitrogens with one attached hydrogen (secondary N) is 1. The topological polar surface area (TPSA) is 64.4 Å². The second kappa shape index (κ2) is 5.47. The van der Waals surface area contributed by atoms with Gasteiger partial charge in [0.25, 0.3) is 0 Å². The van der Waals surface area contributed by atoms with E-state index in [1.54, 1.807) is 0 Å². The summed E-state index contributed by atoms with van der Waals surface area (Å²) in [5.74, 6) is 0.565. The Morgan fingerprint density at radius 1 is 1.47 bits per heavy atom. The third-order valence-corrected chi connectivity index (χ3v) is 3.06. The monoisotopic (exact) mass is 214 g/mol. The smallest absolute Gasteiger partial charge is 0.237 e. The Kier molecular flexibility index (Phi) is 4.54. The number of carbonyl (C=O) groups excluding carboxylic acids is 1. The Bertz CT molecular complexity index is 213. The maximum absolute atomic E-state index is 11.7. The highest BCUT2D eigenvalue weighted by atomic mass is 16.5. The Morgan fingerprint density at radius 2 is 2.13 bits per heavy atom. The van der Waals surface area contributed by atoms with Crippen LogP contribution in [0.15, 0.2) is 0 Å². The number of ether oxygens (including phenoxy) is 1. The molecule has 88 valence electrons. The lowest BCUT2D eigenvalue weighted by Crippen LogP contribution is -2.49. The van der Waals surface area contributed by atoms with Crippen LogP contribution in [0.3, 0.4) is 0 Å². The van der Waals surface area contributed by atoms with Gasteiger partial charge in [-0.25, -0.2) is 0 Å². The van der Waals surface area contributed by atoms with Crippen molar-refractivity contribution in [2.24, 2.45) is 17.6 Å². The van der Waals surface area contributed by atoms with Crippen LogP contribution in [0.5, 0.6) is 0 Å². The van der Waals surface area contributed by atoms with Crippen molar-refractivity contribution in [3.05, 3.63) is 0 Å². The predicted octanol–water partition coefficient (Wildman–Crippen LogP) is 0.511. The molecule has 1 aliphatic rings. The Hall–Kier alpha value is -0.610. The maximum atomic E-state index is 11.7. The van der Waals surface area contributed by atoms with Crippen molar-refractivity contribution in [2.45, 2.75) is 39.3 Å². The largest absolute Gasteiger partial charge is 0.381 e. The molecule has 1 rings (SSSR count). The maximum Gasteiger partial charge on any atom is 0.237 e. The SMILES string of the molecule is CC(NC(=O)[C@H](N)C(C)C)C1CCOC1. The fourth-order valence-electron chi connectivity index (χ4n) is 1.69. The van der Waals surface area contributed by atoms with Crippen molar-refractivity contribution in [3.8, 4) is 0 Å². The summed E-state index contributed by atoms with van der Waals surface area (Å²) >= 11 is 0. The minimum absolute atomic E-state index is 0.0515. The Balaban J connectivity index is 2.36. The molecular formula is C11H22N2O2. The number of hydrogen-bond acceptors (Lipinski definition) is 3. The van der Waals surface area contributed by atoms with Crippen LogP contribution < -0.4 is 11.1 Å². The van der Waals surface area contributed by atoms with E-state index in [1.165, 1.54) is 0 Å². The van der Waals surface area contributed by atoms with Gasteiger partial charge < -0.3 is 15.8 Å². The van der Waals surface area contributed by atoms with E-state index in [0.717, 1.165) is 19.6 Å². The van der Waals surface area contributed by atoms with E-state index in [1.807, 2.05) is 20.8 Å². The van der Waals surface area contributed by atoms with Crippen LogP contribution >= 0.6 is 0 Å². The predicted molar refractivity (Wildman–Crippen MR) is 59.3 cm³/mol. The molecule has 1 amide bonds. The molecule has 4 nitrogen and oxygen atoms in total. The van der Waals surface area contributed by atoms with E-state index < -0.39 is 6.04 Å². The summed E-state index contributed by atoms with van der Waals surface area (Å²) in [5.41, 5.74) is 5.76. The summed E-state index contributed by atoms with van der Waals surface area (Å²) in [6.45, 7) is 7.48. The molecule has 3 N–H and O–H groups in total. The number of carbonyl (C=O) groups is 1. The van der Waals surface area contributed by atoms with Crippen molar-refractivity contribution in [1.82, 2.24) is 5.32 Å². The van der Waals surface area contributed by atoms with Gasteiger partial charge in [0.15, 0.2) is 0 Å². The van der Waals surface area contributed by atoms with Gasteiger partial charge in [-0.05, 0) is 19.3 Å². The van der Waals surface area contributed by atoms with E-state index in [0.29, 0.717) is 5.92 Å². The fraction of sp³-hybridized carbons (Fsp3) is 0.909. The third-order valence-electron chi connectivity index (χ3n) is 3.06. The van der Waals surface area contributed by atoms with Gasteiger partial charge in [-0.1, -0.05) is 13.8 Å². The van der Waals surface area contributed by atoms with Gasteiger partial charge in [0.05, 0.1) is 12.6 Å². The van der Waals surface area contributed by atoms with Gasteiger partial charge >= 0.3 is 0 Å². The zero-order valence-electron chi connectivity index (χ0n) is 9.82. The molecule has 1 heterocycles. The van der Waals surface area contributed by atoms with Gasteiger partial charge in [0.1, 0.15) is 0 Å². The molecule has 3 atom stereocenters. The van der Waals surface area contributed by atoms with Gasteiger partial charge in [-0.2, -0.15) is 0 Å². The average Bonchev–Trinajstić information content (AvgIpc) is 2.68. The lowest BCUT2D eigenvalue weighted by atomic mass is 9.99. The summed E-state index contributed by atoms with van der Waals surface area (Å²) in [6, 6.07) is -0.250. The Morgan fingerprint density at radius 3 is 2.60 bits per heavy atom. The summed E-state index contributed by atoms with van der Waals surface area (Å²) in [4.78, 5) is 11.7. The molecule has 0 aromatic carbocycles. The van der Waals surface area contributed by atoms with Crippen molar-refractivity contribution in [2.75, 3.05) is 13.2 Å². The molecule has 0 radical (unpaired) electrons. The normalized spacial score (nSPS) is 25.3. The minimum Gasteiger partial charge on any atom is -0.381 e. The van der Waals surface area contributed by atoms with Crippen LogP contribution in [0.4, 0.5) is 0 Å². The molecule has 15 heavy (non-hydrogen) atoms. The molecule has 4 heteroatoms. The lowest BCUT2D eigenvalue weighted by molar-refractivity contribution is -0.124. The van der Waals surface area contributed by atoms with Crippen molar-refractivity contribution in [3.63, 3.8) is 0 Å². The van der Waals surface area contributed by atoms with Crippen molar-refractivity contribution >= 4 is 5.91 Å².